The lowest BCUT2D eigenvalue weighted by Gasteiger charge is -2.47. The van der Waals surface area contributed by atoms with Gasteiger partial charge in [-0.25, -0.2) is 8.78 Å². The number of likely N-dealkylation sites (N-methyl/N-ethyl adjacent to an activating group) is 7. The van der Waals surface area contributed by atoms with Crippen LogP contribution in [0.2, 0.25) is 0 Å². The largest absolute Gasteiger partial charge is 0.397 e. The lowest BCUT2D eigenvalue weighted by atomic mass is 9.74. The fraction of sp³-hybridized carbons (Fsp3) is 0.857. The molecule has 5 saturated carbocycles. The van der Waals surface area contributed by atoms with Gasteiger partial charge in [0.1, 0.15) is 60.1 Å². The van der Waals surface area contributed by atoms with Gasteiger partial charge in [-0.3, -0.25) is 57.6 Å². The molecule has 1 spiro atoms. The molecule has 0 radical (unpaired) electrons. The van der Waals surface area contributed by atoms with E-state index >= 15 is 42.3 Å². The van der Waals surface area contributed by atoms with Gasteiger partial charge in [-0.15, -0.1) is 0 Å². The van der Waals surface area contributed by atoms with Crippen LogP contribution >= 0.6 is 0 Å². The number of halogens is 8. The summed E-state index contributed by atoms with van der Waals surface area (Å²) in [6.45, 7) is 3.77. The SMILES string of the molecule is CCO[C@@H]1C[C@H]2C(=O)NC3(CCC3)C(=O)N(C)[C@@H](C3CCCC3)CN(C)[C@H](C(=O)N(C)C)CC(=O)N(C)[C@@H](CC3CCCC3)C(=O)N[C@@H]([C@@H](C)CC)C(=O)N(C)CC(=O)N(C)[C@H]3CCCCCN(C3=O)[C@@H](CC3CCC(C(F)(F)F)CC3)C(=O)N(C)CC(=O)N[C@@H](CCC3CC(F)C(C(F)(F)F)C(F)C3)C(=O)N2C1. The predicted molar refractivity (Wildman–Crippen MR) is 388 cm³/mol. The van der Waals surface area contributed by atoms with Gasteiger partial charge in [0.15, 0.2) is 0 Å². The summed E-state index contributed by atoms with van der Waals surface area (Å²) in [5, 5.41) is 8.68. The second-order valence-electron chi connectivity index (χ2n) is 33.4. The summed E-state index contributed by atoms with van der Waals surface area (Å²) in [5.41, 5.74) is -1.52. The van der Waals surface area contributed by atoms with Gasteiger partial charge in [0.05, 0.1) is 37.6 Å². The highest BCUT2D eigenvalue weighted by atomic mass is 19.4. The van der Waals surface area contributed by atoms with Gasteiger partial charge in [0.2, 0.25) is 65.0 Å². The standard InChI is InChI=1S/C77H122F8N12O12/c1-12-46(3)66-73(107)92(8)45-64(100)93(9)56-26-15-14-20-35-96(72(56)106)60(39-48-27-30-51(31-28-48)76(80,81)82)71(105)91(7)44-62(98)86-55(32-29-49-36-53(78)65(54(79)37-49)77(83,84)85)69(103)97-42-52(109-13-2)40-58(97)68(102)88-75(33-21-34-75)74(108)95(11)61(50-24-18-19-25-50)43-90(6)59(70(104)89(4)5)41-63(99)94(10)57(67(101)87-66)38-47-22-16-17-23-47/h46-61,65-66H,12-45H2,1-11H3,(H,86,98)(H,87,101)(H,88,102)/t46-,48?,49?,51?,52+,53?,54?,55-,56-,57-,58-,59-,60-,61+,65?,66-/m0/s1. The fourth-order valence-electron chi connectivity index (χ4n) is 18.5. The van der Waals surface area contributed by atoms with Crippen LogP contribution in [0.1, 0.15) is 201 Å². The van der Waals surface area contributed by atoms with Crippen LogP contribution in [0.4, 0.5) is 35.1 Å². The van der Waals surface area contributed by atoms with Crippen molar-refractivity contribution in [3.05, 3.63) is 0 Å². The van der Waals surface area contributed by atoms with E-state index < -0.39 is 218 Å². The minimum atomic E-state index is -5.20. The van der Waals surface area contributed by atoms with Crippen LogP contribution in [-0.4, -0.2) is 289 Å². The van der Waals surface area contributed by atoms with E-state index in [1.165, 1.54) is 52.7 Å². The van der Waals surface area contributed by atoms with Crippen molar-refractivity contribution >= 4 is 65.0 Å². The first-order valence-corrected chi connectivity index (χ1v) is 40.1. The van der Waals surface area contributed by atoms with E-state index in [-0.39, 0.29) is 109 Å². The van der Waals surface area contributed by atoms with E-state index in [1.54, 1.807) is 51.8 Å². The van der Waals surface area contributed by atoms with Gasteiger partial charge in [0.25, 0.3) is 0 Å². The molecule has 32 heteroatoms. The Morgan fingerprint density at radius 2 is 1.18 bits per heavy atom. The first-order valence-electron chi connectivity index (χ1n) is 40.1. The number of nitrogens with zero attached hydrogens (tertiary/aromatic N) is 9. The second kappa shape index (κ2) is 38.4. The molecule has 2 unspecified atom stereocenters. The van der Waals surface area contributed by atoms with Crippen LogP contribution in [0.15, 0.2) is 0 Å². The molecule has 0 aromatic rings. The molecule has 2 bridgehead atoms. The summed E-state index contributed by atoms with van der Waals surface area (Å²) in [7, 11) is 12.0. The van der Waals surface area contributed by atoms with Crippen LogP contribution in [0.5, 0.6) is 0 Å². The topological polar surface area (TPSA) is 262 Å². The minimum Gasteiger partial charge on any atom is -0.377 e. The third kappa shape index (κ3) is 21.9. The molecule has 3 saturated heterocycles. The van der Waals surface area contributed by atoms with Gasteiger partial charge < -0.3 is 59.9 Å². The zero-order valence-electron chi connectivity index (χ0n) is 65.9. The Morgan fingerprint density at radius 3 is 1.76 bits per heavy atom. The lowest BCUT2D eigenvalue weighted by molar-refractivity contribution is -0.219. The molecule has 3 heterocycles. The summed E-state index contributed by atoms with van der Waals surface area (Å²) in [5.74, 6) is -14.3. The summed E-state index contributed by atoms with van der Waals surface area (Å²) < 4.78 is 121. The molecule has 3 aliphatic heterocycles. The van der Waals surface area contributed by atoms with Gasteiger partial charge in [-0.2, -0.15) is 26.3 Å². The molecule has 8 aliphatic rings. The van der Waals surface area contributed by atoms with Crippen LogP contribution in [0.3, 0.4) is 0 Å². The van der Waals surface area contributed by atoms with E-state index in [0.29, 0.717) is 44.9 Å². The highest BCUT2D eigenvalue weighted by molar-refractivity contribution is 5.99. The quantitative estimate of drug-likeness (QED) is 0.150. The number of rotatable bonds is 13. The summed E-state index contributed by atoms with van der Waals surface area (Å²) in [6.07, 6.45) is -9.72. The molecule has 12 atom stereocenters. The molecule has 5 aliphatic carbocycles. The predicted octanol–water partition coefficient (Wildman–Crippen LogP) is 7.58. The second-order valence-corrected chi connectivity index (χ2v) is 33.4. The zero-order valence-corrected chi connectivity index (χ0v) is 65.9. The Balaban J connectivity index is 1.19. The van der Waals surface area contributed by atoms with Gasteiger partial charge in [-0.1, -0.05) is 71.6 Å². The van der Waals surface area contributed by atoms with Crippen LogP contribution in [0.25, 0.3) is 0 Å². The maximum atomic E-state index is 15.6. The summed E-state index contributed by atoms with van der Waals surface area (Å²) in [6, 6.07) is -9.80. The van der Waals surface area contributed by atoms with Crippen molar-refractivity contribution in [2.24, 2.45) is 41.4 Å². The number of amides is 11. The van der Waals surface area contributed by atoms with Crippen molar-refractivity contribution in [1.29, 1.82) is 0 Å². The maximum Gasteiger partial charge on any atom is 0.397 e. The Morgan fingerprint density at radius 1 is 0.587 bits per heavy atom. The number of nitrogens with one attached hydrogen (secondary N) is 3. The third-order valence-corrected chi connectivity index (χ3v) is 25.7. The first kappa shape index (κ1) is 88.1. The smallest absolute Gasteiger partial charge is 0.377 e. The van der Waals surface area contributed by atoms with E-state index in [1.807, 2.05) is 6.92 Å². The number of carbonyl (C=O) groups is 11. The summed E-state index contributed by atoms with van der Waals surface area (Å²) >= 11 is 0. The Bertz CT molecular complexity index is 3150. The van der Waals surface area contributed by atoms with E-state index in [0.717, 1.165) is 48.3 Å². The third-order valence-electron chi connectivity index (χ3n) is 25.7. The monoisotopic (exact) mass is 1560 g/mol. The fourth-order valence-corrected chi connectivity index (χ4v) is 18.5. The molecule has 0 aromatic carbocycles. The molecule has 618 valence electrons. The Hall–Kier alpha value is -6.47. The van der Waals surface area contributed by atoms with Gasteiger partial charge in [0, 0.05) is 88.0 Å². The average Bonchev–Trinajstić information content (AvgIpc) is 1.71. The number of carbonyl (C=O) groups excluding carboxylic acids is 11. The van der Waals surface area contributed by atoms with Gasteiger partial charge in [-0.05, 0) is 153 Å². The van der Waals surface area contributed by atoms with Crippen molar-refractivity contribution in [1.82, 2.24) is 60.0 Å². The van der Waals surface area contributed by atoms with Crippen LogP contribution in [-0.2, 0) is 57.5 Å². The molecule has 0 aromatic heterocycles. The highest BCUT2D eigenvalue weighted by Crippen LogP contribution is 2.46. The van der Waals surface area contributed by atoms with Crippen molar-refractivity contribution in [3.63, 3.8) is 0 Å². The average molecular weight is 1560 g/mol. The lowest BCUT2D eigenvalue weighted by Crippen LogP contribution is -2.67. The molecule has 3 N–H and O–H groups in total. The molecule has 8 fully saturated rings. The minimum absolute atomic E-state index is 0.0246. The van der Waals surface area contributed by atoms with Crippen molar-refractivity contribution in [3.8, 4) is 0 Å². The van der Waals surface area contributed by atoms with Crippen molar-refractivity contribution in [2.75, 3.05) is 95.7 Å². The number of fused-ring (bicyclic) bond motifs is 3. The van der Waals surface area contributed by atoms with E-state index in [9.17, 15) is 45.5 Å². The Kier molecular flexibility index (Phi) is 31.0. The Labute approximate surface area is 637 Å². The van der Waals surface area contributed by atoms with Crippen molar-refractivity contribution in [2.45, 2.75) is 285 Å². The highest BCUT2D eigenvalue weighted by Gasteiger charge is 2.56. The number of hydrogen-bond donors (Lipinski definition) is 3. The maximum absolute atomic E-state index is 15.6. The van der Waals surface area contributed by atoms with Crippen LogP contribution in [0, 0.1) is 41.4 Å². The number of ether oxygens (including phenoxy) is 1. The molecular weight excluding hydrogens is 1440 g/mol. The number of hydrogen-bond acceptors (Lipinski definition) is 13. The van der Waals surface area contributed by atoms with Crippen LogP contribution < -0.4 is 16.0 Å². The zero-order chi connectivity index (χ0) is 80.3. The number of alkyl halides is 8. The molecular formula is C77H122F8N12O12. The molecule has 24 nitrogen and oxygen atoms in total. The van der Waals surface area contributed by atoms with E-state index in [2.05, 4.69) is 16.0 Å². The normalized spacial score (nSPS) is 32.7. The molecule has 109 heavy (non-hydrogen) atoms. The van der Waals surface area contributed by atoms with Gasteiger partial charge >= 0.3 is 12.4 Å². The molecule has 8 rings (SSSR count). The molecule has 11 amide bonds. The first-order chi connectivity index (χ1) is 51.3. The summed E-state index contributed by atoms with van der Waals surface area (Å²) in [4.78, 5) is 179. The van der Waals surface area contributed by atoms with E-state index in [4.69, 9.17) is 4.74 Å². The van der Waals surface area contributed by atoms with Crippen molar-refractivity contribution < 1.29 is 92.6 Å².